The number of aliphatic hydroxyl groups is 2. The van der Waals surface area contributed by atoms with Gasteiger partial charge in [0.1, 0.15) is 23.0 Å². The Bertz CT molecular complexity index is 1530. The summed E-state index contributed by atoms with van der Waals surface area (Å²) >= 11 is 0. The summed E-state index contributed by atoms with van der Waals surface area (Å²) in [6, 6.07) is 1.24. The maximum atomic E-state index is 13.1. The van der Waals surface area contributed by atoms with E-state index in [-0.39, 0.29) is 33.1 Å². The Morgan fingerprint density at radius 1 is 1.18 bits per heavy atom. The second kappa shape index (κ2) is 10.8. The van der Waals surface area contributed by atoms with Gasteiger partial charge in [-0.2, -0.15) is 10.2 Å². The van der Waals surface area contributed by atoms with Crippen LogP contribution in [0.3, 0.4) is 0 Å². The van der Waals surface area contributed by atoms with Gasteiger partial charge >= 0.3 is 17.9 Å². The topological polar surface area (TPSA) is 218 Å². The van der Waals surface area contributed by atoms with E-state index in [2.05, 4.69) is 15.3 Å². The quantitative estimate of drug-likeness (QED) is 0.216. The van der Waals surface area contributed by atoms with Crippen LogP contribution in [0.5, 0.6) is 0 Å². The predicted molar refractivity (Wildman–Crippen MR) is 138 cm³/mol. The number of ether oxygens (including phenoxy) is 4. The molecular weight excluding hydrogens is 530 g/mol. The third-order valence-corrected chi connectivity index (χ3v) is 6.57. The number of aromatic amines is 1. The number of nitrogens with one attached hydrogen (secondary N) is 1. The van der Waals surface area contributed by atoms with E-state index in [0.717, 1.165) is 4.68 Å². The molecule has 1 aliphatic rings. The number of aromatic nitrogens is 4. The number of aliphatic hydroxyl groups excluding tert-OH is 1. The van der Waals surface area contributed by atoms with Crippen molar-refractivity contribution in [2.45, 2.75) is 58.7 Å². The molecule has 3 heterocycles. The third kappa shape index (κ3) is 4.98. The second-order valence-corrected chi connectivity index (χ2v) is 10.3. The van der Waals surface area contributed by atoms with Crippen molar-refractivity contribution in [2.75, 3.05) is 19.1 Å². The highest BCUT2D eigenvalue weighted by Crippen LogP contribution is 2.43. The highest BCUT2D eigenvalue weighted by molar-refractivity contribution is 6.21. The van der Waals surface area contributed by atoms with E-state index in [1.54, 1.807) is 27.7 Å². The summed E-state index contributed by atoms with van der Waals surface area (Å²) < 4.78 is 22.4. The fraction of sp³-hybridized carbons (Fsp3) is 0.520. The van der Waals surface area contributed by atoms with E-state index >= 15 is 0 Å². The highest BCUT2D eigenvalue weighted by atomic mass is 16.7. The van der Waals surface area contributed by atoms with Gasteiger partial charge in [0, 0.05) is 10.8 Å². The summed E-state index contributed by atoms with van der Waals surface area (Å²) in [5.74, 6) is -3.34. The van der Waals surface area contributed by atoms with E-state index in [0.29, 0.717) is 0 Å². The molecule has 4 atom stereocenters. The number of carbonyl (C=O) groups is 3. The van der Waals surface area contributed by atoms with Gasteiger partial charge in [0.15, 0.2) is 12.3 Å². The molecule has 1 aromatic carbocycles. The van der Waals surface area contributed by atoms with Crippen molar-refractivity contribution in [1.29, 1.82) is 0 Å². The summed E-state index contributed by atoms with van der Waals surface area (Å²) in [5.41, 5.74) is 3.82. The molecule has 15 heteroatoms. The first-order chi connectivity index (χ1) is 18.8. The first kappa shape index (κ1) is 28.9. The first-order valence-corrected chi connectivity index (χ1v) is 12.5. The monoisotopic (exact) mass is 561 g/mol. The van der Waals surface area contributed by atoms with Gasteiger partial charge in [-0.15, -0.1) is 0 Å². The van der Waals surface area contributed by atoms with E-state index < -0.39 is 72.7 Å². The fourth-order valence-electron chi connectivity index (χ4n) is 4.42. The summed E-state index contributed by atoms with van der Waals surface area (Å²) in [4.78, 5) is 49.8. The number of nitrogens with zero attached hydrogens (tertiary/aromatic N) is 3. The Kier molecular flexibility index (Phi) is 7.83. The van der Waals surface area contributed by atoms with Crippen LogP contribution >= 0.6 is 0 Å². The zero-order chi connectivity index (χ0) is 29.5. The molecular formula is C25H31N5O10. The van der Waals surface area contributed by atoms with Crippen LogP contribution in [0.25, 0.3) is 21.7 Å². The normalized spacial score (nSPS) is 22.8. The summed E-state index contributed by atoms with van der Waals surface area (Å²) in [6.07, 6.45) is -2.63. The molecule has 1 aliphatic heterocycles. The lowest BCUT2D eigenvalue weighted by Crippen LogP contribution is -2.48. The zero-order valence-electron chi connectivity index (χ0n) is 22.5. The van der Waals surface area contributed by atoms with Crippen molar-refractivity contribution < 1.29 is 43.5 Å². The van der Waals surface area contributed by atoms with Gasteiger partial charge in [0.05, 0.1) is 35.6 Å². The minimum atomic E-state index is -1.96. The summed E-state index contributed by atoms with van der Waals surface area (Å²) in [7, 11) is 0. The lowest BCUT2D eigenvalue weighted by molar-refractivity contribution is -0.167. The van der Waals surface area contributed by atoms with Gasteiger partial charge < -0.3 is 34.9 Å². The molecule has 3 aromatic rings. The molecule has 0 saturated carbocycles. The number of H-pyrrole nitrogens is 1. The molecule has 0 spiro atoms. The number of anilines is 1. The summed E-state index contributed by atoms with van der Waals surface area (Å²) in [5, 5.41) is 32.2. The smallest absolute Gasteiger partial charge is 0.341 e. The SMILES string of the molecule is CC(C)C(=O)OCOC(=O)c1cc2c(=O)[nH]ncc3nn(C4OC(CO)C(OC(=O)C(C)C)C4(C)O)c(N)c1c32. The van der Waals surface area contributed by atoms with Gasteiger partial charge in [0.2, 0.25) is 6.79 Å². The molecule has 216 valence electrons. The number of nitrogen functional groups attached to an aromatic ring is 1. The minimum absolute atomic E-state index is 0.0241. The maximum absolute atomic E-state index is 13.1. The van der Waals surface area contributed by atoms with Crippen molar-refractivity contribution in [3.05, 3.63) is 28.2 Å². The lowest BCUT2D eigenvalue weighted by atomic mass is 9.96. The van der Waals surface area contributed by atoms with Gasteiger partial charge in [-0.1, -0.05) is 27.7 Å². The van der Waals surface area contributed by atoms with Crippen LogP contribution in [-0.2, 0) is 28.5 Å². The van der Waals surface area contributed by atoms with Crippen molar-refractivity contribution in [2.24, 2.45) is 11.8 Å². The molecule has 40 heavy (non-hydrogen) atoms. The van der Waals surface area contributed by atoms with E-state index in [1.807, 2.05) is 0 Å². The Labute approximate surface area is 227 Å². The molecule has 0 radical (unpaired) electrons. The number of esters is 3. The minimum Gasteiger partial charge on any atom is -0.456 e. The van der Waals surface area contributed by atoms with E-state index in [9.17, 15) is 29.4 Å². The Morgan fingerprint density at radius 2 is 1.85 bits per heavy atom. The Morgan fingerprint density at radius 3 is 2.48 bits per heavy atom. The number of nitrogens with two attached hydrogens (primary N) is 1. The zero-order valence-corrected chi connectivity index (χ0v) is 22.5. The van der Waals surface area contributed by atoms with E-state index in [4.69, 9.17) is 24.7 Å². The van der Waals surface area contributed by atoms with Crippen molar-refractivity contribution in [1.82, 2.24) is 20.0 Å². The molecule has 0 aliphatic carbocycles. The average molecular weight is 562 g/mol. The standard InChI is InChI=1S/C25H31N5O10/c1-10(2)21(33)37-9-38-23(35)13-6-12-16-14(7-27-28-20(12)32)29-30(19(26)17(13)16)24-25(5,36)18(15(8-31)39-24)40-22(34)11(3)4/h6-7,10-11,15,18,24,31,36H,8-9,26H2,1-5H3,(H,28,32). The largest absolute Gasteiger partial charge is 0.456 e. The van der Waals surface area contributed by atoms with Crippen LogP contribution in [0.2, 0.25) is 0 Å². The molecule has 15 nitrogen and oxygen atoms in total. The number of hydrogen-bond donors (Lipinski definition) is 4. The van der Waals surface area contributed by atoms with Crippen LogP contribution in [0.15, 0.2) is 17.1 Å². The molecule has 0 amide bonds. The fourth-order valence-corrected chi connectivity index (χ4v) is 4.42. The number of rotatable bonds is 8. The van der Waals surface area contributed by atoms with Crippen LogP contribution in [0.4, 0.5) is 5.82 Å². The predicted octanol–water partition coefficient (Wildman–Crippen LogP) is 0.377. The maximum Gasteiger partial charge on any atom is 0.341 e. The Hall–Kier alpha value is -4.08. The molecule has 1 fully saturated rings. The van der Waals surface area contributed by atoms with Gasteiger partial charge in [-0.3, -0.25) is 14.4 Å². The molecule has 4 unspecified atom stereocenters. The molecule has 0 bridgehead atoms. The molecule has 1 saturated heterocycles. The molecule has 2 aromatic heterocycles. The van der Waals surface area contributed by atoms with Crippen LogP contribution in [0, 0.1) is 11.8 Å². The van der Waals surface area contributed by atoms with Crippen LogP contribution in [-0.4, -0.2) is 79.3 Å². The molecule has 4 rings (SSSR count). The van der Waals surface area contributed by atoms with Crippen molar-refractivity contribution >= 4 is 45.4 Å². The lowest BCUT2D eigenvalue weighted by Gasteiger charge is -2.31. The van der Waals surface area contributed by atoms with Gasteiger partial charge in [-0.25, -0.2) is 14.6 Å². The second-order valence-electron chi connectivity index (χ2n) is 10.3. The average Bonchev–Trinajstić information content (AvgIpc) is 3.36. The third-order valence-electron chi connectivity index (χ3n) is 6.57. The first-order valence-electron chi connectivity index (χ1n) is 12.5. The van der Waals surface area contributed by atoms with Gasteiger partial charge in [0.25, 0.3) is 5.56 Å². The number of hydrogen-bond acceptors (Lipinski definition) is 13. The van der Waals surface area contributed by atoms with Crippen LogP contribution < -0.4 is 11.3 Å². The molecule has 5 N–H and O–H groups in total. The van der Waals surface area contributed by atoms with Gasteiger partial charge in [-0.05, 0) is 13.0 Å². The Balaban J connectivity index is 1.84. The highest BCUT2D eigenvalue weighted by Gasteiger charge is 2.56. The number of carbonyl (C=O) groups excluding carboxylic acids is 3. The van der Waals surface area contributed by atoms with Crippen molar-refractivity contribution in [3.8, 4) is 0 Å². The van der Waals surface area contributed by atoms with Crippen LogP contribution in [0.1, 0.15) is 51.2 Å². The summed E-state index contributed by atoms with van der Waals surface area (Å²) in [6.45, 7) is 6.50. The van der Waals surface area contributed by atoms with Crippen molar-refractivity contribution in [3.63, 3.8) is 0 Å². The van der Waals surface area contributed by atoms with E-state index in [1.165, 1.54) is 19.2 Å².